The van der Waals surface area contributed by atoms with Gasteiger partial charge >= 0.3 is 5.97 Å². The average Bonchev–Trinajstić information content (AvgIpc) is 2.59. The van der Waals surface area contributed by atoms with Crippen LogP contribution in [0.1, 0.15) is 0 Å². The fourth-order valence-electron chi connectivity index (χ4n) is 2.17. The monoisotopic (exact) mass is 339 g/mol. The van der Waals surface area contributed by atoms with Gasteiger partial charge in [-0.15, -0.1) is 11.8 Å². The van der Waals surface area contributed by atoms with Crippen LogP contribution in [0.15, 0.2) is 24.3 Å². The summed E-state index contributed by atoms with van der Waals surface area (Å²) in [6.45, 7) is 0.889. The molecule has 23 heavy (non-hydrogen) atoms. The van der Waals surface area contributed by atoms with Crippen molar-refractivity contribution >= 4 is 35.0 Å². The number of carbonyl (C=O) groups is 2. The molecule has 1 aromatic carbocycles. The maximum absolute atomic E-state index is 12.2. The molecule has 1 fully saturated rings. The molecule has 0 spiro atoms. The quantitative estimate of drug-likeness (QED) is 0.487. The number of thioether (sulfide) groups is 1. The minimum absolute atomic E-state index is 0.0136. The van der Waals surface area contributed by atoms with E-state index in [1.807, 2.05) is 0 Å². The van der Waals surface area contributed by atoms with Gasteiger partial charge in [0.15, 0.2) is 0 Å². The first-order valence-electron chi connectivity index (χ1n) is 6.97. The number of nitro benzene ring substituents is 1. The van der Waals surface area contributed by atoms with Crippen molar-refractivity contribution in [2.45, 2.75) is 5.25 Å². The van der Waals surface area contributed by atoms with Crippen molar-refractivity contribution in [2.75, 3.05) is 37.8 Å². The number of hydrogen-bond acceptors (Lipinski definition) is 7. The lowest BCUT2D eigenvalue weighted by molar-refractivity contribution is -0.384. The Labute approximate surface area is 137 Å². The van der Waals surface area contributed by atoms with Crippen LogP contribution < -0.4 is 5.32 Å². The molecule has 8 nitrogen and oxygen atoms in total. The summed E-state index contributed by atoms with van der Waals surface area (Å²) >= 11 is 1.47. The number of ether oxygens (including phenoxy) is 1. The van der Waals surface area contributed by atoms with Crippen LogP contribution in [0.25, 0.3) is 0 Å². The van der Waals surface area contributed by atoms with Crippen molar-refractivity contribution in [1.29, 1.82) is 0 Å². The van der Waals surface area contributed by atoms with Crippen molar-refractivity contribution in [2.24, 2.45) is 0 Å². The molecule has 1 aromatic rings. The van der Waals surface area contributed by atoms with Gasteiger partial charge in [0.2, 0.25) is 5.91 Å². The van der Waals surface area contributed by atoms with E-state index in [2.05, 4.69) is 5.32 Å². The zero-order valence-electron chi connectivity index (χ0n) is 12.6. The van der Waals surface area contributed by atoms with Crippen LogP contribution in [0.4, 0.5) is 11.4 Å². The van der Waals surface area contributed by atoms with Gasteiger partial charge in [0.25, 0.3) is 5.69 Å². The molecule has 1 atom stereocenters. The molecule has 124 valence electrons. The number of nitrogens with one attached hydrogen (secondary N) is 1. The van der Waals surface area contributed by atoms with Crippen molar-refractivity contribution in [3.8, 4) is 0 Å². The van der Waals surface area contributed by atoms with Gasteiger partial charge in [0.1, 0.15) is 5.25 Å². The Morgan fingerprint density at radius 3 is 3.00 bits per heavy atom. The van der Waals surface area contributed by atoms with E-state index < -0.39 is 4.92 Å². The Balaban J connectivity index is 1.90. The number of nitrogens with zero attached hydrogens (tertiary/aromatic N) is 2. The molecule has 1 aliphatic heterocycles. The highest BCUT2D eigenvalue weighted by atomic mass is 32.2. The van der Waals surface area contributed by atoms with Gasteiger partial charge in [-0.05, 0) is 6.07 Å². The molecule has 1 aliphatic rings. The van der Waals surface area contributed by atoms with Crippen LogP contribution in [0, 0.1) is 10.1 Å². The average molecular weight is 339 g/mol. The Bertz CT molecular complexity index is 610. The number of nitro groups is 1. The summed E-state index contributed by atoms with van der Waals surface area (Å²) in [7, 11) is 1.33. The highest BCUT2D eigenvalue weighted by molar-refractivity contribution is 8.00. The van der Waals surface area contributed by atoms with E-state index in [4.69, 9.17) is 4.74 Å². The predicted molar refractivity (Wildman–Crippen MR) is 86.4 cm³/mol. The van der Waals surface area contributed by atoms with Crippen LogP contribution >= 0.6 is 11.8 Å². The normalized spacial score (nSPS) is 17.4. The molecule has 1 N–H and O–H groups in total. The lowest BCUT2D eigenvalue weighted by atomic mass is 10.2. The van der Waals surface area contributed by atoms with E-state index in [1.54, 1.807) is 17.0 Å². The van der Waals surface area contributed by atoms with Crippen LogP contribution in [0.3, 0.4) is 0 Å². The maximum atomic E-state index is 12.2. The van der Waals surface area contributed by atoms with Gasteiger partial charge in [-0.3, -0.25) is 19.7 Å². The minimum Gasteiger partial charge on any atom is -0.468 e. The molecular weight excluding hydrogens is 322 g/mol. The summed E-state index contributed by atoms with van der Waals surface area (Å²) in [5.41, 5.74) is 0.464. The van der Waals surface area contributed by atoms with Crippen LogP contribution in [-0.2, 0) is 14.3 Å². The molecule has 1 amide bonds. The van der Waals surface area contributed by atoms with Gasteiger partial charge in [0, 0.05) is 36.7 Å². The molecule has 2 rings (SSSR count). The standard InChI is InChI=1S/C14H17N3O5S/c1-22-14(19)12-9-16(5-6-23-12)13(18)8-15-10-3-2-4-11(7-10)17(20)21/h2-4,7,12,15H,5-6,8-9H2,1H3/t12-/m0/s1. The number of non-ortho nitro benzene ring substituents is 1. The van der Waals surface area contributed by atoms with Crippen LogP contribution in [0.2, 0.25) is 0 Å². The second-order valence-electron chi connectivity index (χ2n) is 4.88. The van der Waals surface area contributed by atoms with Gasteiger partial charge in [-0.25, -0.2) is 0 Å². The van der Waals surface area contributed by atoms with Gasteiger partial charge in [-0.2, -0.15) is 0 Å². The highest BCUT2D eigenvalue weighted by Gasteiger charge is 2.29. The Hall–Kier alpha value is -2.29. The maximum Gasteiger partial charge on any atom is 0.320 e. The third-order valence-electron chi connectivity index (χ3n) is 3.38. The first kappa shape index (κ1) is 17.1. The number of rotatable bonds is 5. The summed E-state index contributed by atoms with van der Waals surface area (Å²) in [5, 5.41) is 13.2. The van der Waals surface area contributed by atoms with E-state index in [1.165, 1.54) is 31.0 Å². The van der Waals surface area contributed by atoms with Crippen molar-refractivity contribution in [3.05, 3.63) is 34.4 Å². The second kappa shape index (κ2) is 7.82. The molecule has 0 unspecified atom stereocenters. The zero-order chi connectivity index (χ0) is 16.8. The lowest BCUT2D eigenvalue weighted by Crippen LogP contribution is -2.46. The molecule has 1 heterocycles. The minimum atomic E-state index is -0.490. The summed E-state index contributed by atoms with van der Waals surface area (Å²) < 4.78 is 4.71. The molecule has 0 radical (unpaired) electrons. The lowest BCUT2D eigenvalue weighted by Gasteiger charge is -2.31. The number of amides is 1. The number of esters is 1. The fourth-order valence-corrected chi connectivity index (χ4v) is 3.30. The summed E-state index contributed by atoms with van der Waals surface area (Å²) in [4.78, 5) is 35.6. The number of carbonyl (C=O) groups excluding carboxylic acids is 2. The van der Waals surface area contributed by atoms with Gasteiger partial charge < -0.3 is 15.0 Å². The summed E-state index contributed by atoms with van der Waals surface area (Å²) in [5.74, 6) is 0.173. The predicted octanol–water partition coefficient (Wildman–Crippen LogP) is 1.12. The Morgan fingerprint density at radius 1 is 1.52 bits per heavy atom. The topological polar surface area (TPSA) is 102 Å². The molecular formula is C14H17N3O5S. The van der Waals surface area contributed by atoms with E-state index in [-0.39, 0.29) is 29.4 Å². The SMILES string of the molecule is COC(=O)[C@@H]1CN(C(=O)CNc2cccc([N+](=O)[O-])c2)CCS1. The summed E-state index contributed by atoms with van der Waals surface area (Å²) in [6, 6.07) is 5.96. The smallest absolute Gasteiger partial charge is 0.320 e. The number of hydrogen-bond donors (Lipinski definition) is 1. The molecule has 1 saturated heterocycles. The second-order valence-corrected chi connectivity index (χ2v) is 6.19. The Kier molecular flexibility index (Phi) is 5.80. The van der Waals surface area contributed by atoms with Crippen LogP contribution in [-0.4, -0.2) is 59.4 Å². The fraction of sp³-hybridized carbons (Fsp3) is 0.429. The van der Waals surface area contributed by atoms with Crippen molar-refractivity contribution in [3.63, 3.8) is 0 Å². The van der Waals surface area contributed by atoms with E-state index in [0.29, 0.717) is 24.5 Å². The number of anilines is 1. The number of methoxy groups -OCH3 is 1. The van der Waals surface area contributed by atoms with Gasteiger partial charge in [-0.1, -0.05) is 6.07 Å². The summed E-state index contributed by atoms with van der Waals surface area (Å²) in [6.07, 6.45) is 0. The molecule has 0 saturated carbocycles. The molecule has 0 bridgehead atoms. The Morgan fingerprint density at radius 2 is 2.30 bits per heavy atom. The first-order chi connectivity index (χ1) is 11.0. The highest BCUT2D eigenvalue weighted by Crippen LogP contribution is 2.20. The van der Waals surface area contributed by atoms with Crippen molar-refractivity contribution in [1.82, 2.24) is 4.90 Å². The largest absolute Gasteiger partial charge is 0.468 e. The van der Waals surface area contributed by atoms with Gasteiger partial charge in [0.05, 0.1) is 18.6 Å². The van der Waals surface area contributed by atoms with E-state index in [0.717, 1.165) is 0 Å². The third kappa shape index (κ3) is 4.59. The van der Waals surface area contributed by atoms with E-state index >= 15 is 0 Å². The first-order valence-corrected chi connectivity index (χ1v) is 8.01. The van der Waals surface area contributed by atoms with E-state index in [9.17, 15) is 19.7 Å². The number of benzene rings is 1. The molecule has 0 aliphatic carbocycles. The molecule has 0 aromatic heterocycles. The van der Waals surface area contributed by atoms with Crippen LogP contribution in [0.5, 0.6) is 0 Å². The zero-order valence-corrected chi connectivity index (χ0v) is 13.4. The van der Waals surface area contributed by atoms with Crippen molar-refractivity contribution < 1.29 is 19.2 Å². The third-order valence-corrected chi connectivity index (χ3v) is 4.55. The molecule has 9 heteroatoms.